The van der Waals surface area contributed by atoms with Gasteiger partial charge in [-0.1, -0.05) is 6.07 Å². The van der Waals surface area contributed by atoms with Gasteiger partial charge in [0, 0.05) is 17.0 Å². The van der Waals surface area contributed by atoms with Crippen LogP contribution in [0.4, 0.5) is 10.1 Å². The van der Waals surface area contributed by atoms with E-state index < -0.39 is 10.9 Å². The largest absolute Gasteiger partial charge is 0.426 e. The first kappa shape index (κ1) is 16.7. The van der Waals surface area contributed by atoms with E-state index in [0.717, 1.165) is 5.56 Å². The zero-order valence-electron chi connectivity index (χ0n) is 12.7. The van der Waals surface area contributed by atoms with Crippen LogP contribution in [-0.4, -0.2) is 15.9 Å². The fourth-order valence-corrected chi connectivity index (χ4v) is 2.92. The molecule has 1 aromatic heterocycles. The summed E-state index contributed by atoms with van der Waals surface area (Å²) in [6, 6.07) is 11.3. The van der Waals surface area contributed by atoms with Gasteiger partial charge in [0.2, 0.25) is 0 Å². The number of nitrogens with zero attached hydrogens (tertiary/aromatic N) is 2. The quantitative estimate of drug-likeness (QED) is 0.298. The van der Waals surface area contributed by atoms with Crippen molar-refractivity contribution in [2.45, 2.75) is 6.42 Å². The number of rotatable bonds is 5. The third kappa shape index (κ3) is 4.24. The Labute approximate surface area is 145 Å². The average molecular weight is 358 g/mol. The van der Waals surface area contributed by atoms with Gasteiger partial charge in [0.05, 0.1) is 23.1 Å². The predicted octanol–water partition coefficient (Wildman–Crippen LogP) is 4.01. The molecule has 25 heavy (non-hydrogen) atoms. The molecule has 3 aromatic rings. The van der Waals surface area contributed by atoms with Gasteiger partial charge in [-0.2, -0.15) is 0 Å². The Balaban J connectivity index is 1.66. The van der Waals surface area contributed by atoms with Crippen molar-refractivity contribution in [1.82, 2.24) is 4.98 Å². The Bertz CT molecular complexity index is 924. The van der Waals surface area contributed by atoms with Gasteiger partial charge in [0.1, 0.15) is 16.6 Å². The summed E-state index contributed by atoms with van der Waals surface area (Å²) in [6.45, 7) is 0. The van der Waals surface area contributed by atoms with E-state index in [9.17, 15) is 19.3 Å². The zero-order chi connectivity index (χ0) is 17.8. The average Bonchev–Trinajstić information content (AvgIpc) is 3.04. The van der Waals surface area contributed by atoms with Crippen molar-refractivity contribution in [2.75, 3.05) is 0 Å². The van der Waals surface area contributed by atoms with E-state index in [-0.39, 0.29) is 23.7 Å². The van der Waals surface area contributed by atoms with Crippen LogP contribution >= 0.6 is 11.3 Å². The normalized spacial score (nSPS) is 10.4. The molecule has 1 heterocycles. The topological polar surface area (TPSA) is 82.3 Å². The number of halogens is 1. The van der Waals surface area contributed by atoms with E-state index >= 15 is 0 Å². The predicted molar refractivity (Wildman–Crippen MR) is 89.9 cm³/mol. The number of carbonyl (C=O) groups excluding carboxylic acids is 1. The van der Waals surface area contributed by atoms with Crippen LogP contribution in [0.5, 0.6) is 5.75 Å². The molecule has 0 N–H and O–H groups in total. The molecule has 0 radical (unpaired) electrons. The number of carbonyl (C=O) groups is 1. The summed E-state index contributed by atoms with van der Waals surface area (Å²) in [5, 5.41) is 13.1. The van der Waals surface area contributed by atoms with Gasteiger partial charge in [-0.25, -0.2) is 9.37 Å². The maximum atomic E-state index is 12.9. The van der Waals surface area contributed by atoms with E-state index in [1.54, 1.807) is 17.5 Å². The second-order valence-corrected chi connectivity index (χ2v) is 5.91. The highest BCUT2D eigenvalue weighted by Gasteiger charge is 2.13. The SMILES string of the molecule is O=C(Cc1csc(-c2ccc(F)cc2)n1)Oc1cccc([N+](=O)[O-])c1. The highest BCUT2D eigenvalue weighted by Crippen LogP contribution is 2.24. The van der Waals surface area contributed by atoms with Crippen molar-refractivity contribution < 1.29 is 18.8 Å². The summed E-state index contributed by atoms with van der Waals surface area (Å²) in [5.41, 5.74) is 1.11. The maximum absolute atomic E-state index is 12.9. The van der Waals surface area contributed by atoms with Crippen LogP contribution in [0.25, 0.3) is 10.6 Å². The molecule has 0 bridgehead atoms. The number of hydrogen-bond acceptors (Lipinski definition) is 6. The fraction of sp³-hybridized carbons (Fsp3) is 0.0588. The van der Waals surface area contributed by atoms with Gasteiger partial charge in [0.25, 0.3) is 5.69 Å². The highest BCUT2D eigenvalue weighted by atomic mass is 32.1. The zero-order valence-corrected chi connectivity index (χ0v) is 13.5. The molecule has 0 spiro atoms. The number of hydrogen-bond donors (Lipinski definition) is 0. The van der Waals surface area contributed by atoms with Crippen molar-refractivity contribution in [1.29, 1.82) is 0 Å². The number of ether oxygens (including phenoxy) is 1. The lowest BCUT2D eigenvalue weighted by molar-refractivity contribution is -0.384. The summed E-state index contributed by atoms with van der Waals surface area (Å²) >= 11 is 1.33. The molecule has 2 aromatic carbocycles. The Morgan fingerprint density at radius 1 is 1.24 bits per heavy atom. The van der Waals surface area contributed by atoms with Crippen molar-refractivity contribution in [3.63, 3.8) is 0 Å². The number of esters is 1. The Morgan fingerprint density at radius 2 is 2.00 bits per heavy atom. The Kier molecular flexibility index (Phi) is 4.80. The van der Waals surface area contributed by atoms with E-state index in [4.69, 9.17) is 4.74 Å². The van der Waals surface area contributed by atoms with Crippen molar-refractivity contribution in [2.24, 2.45) is 0 Å². The minimum absolute atomic E-state index is 0.0691. The first-order valence-corrected chi connectivity index (χ1v) is 8.05. The van der Waals surface area contributed by atoms with Crippen LogP contribution < -0.4 is 4.74 Å². The minimum atomic E-state index is -0.573. The molecule has 0 unspecified atom stereocenters. The van der Waals surface area contributed by atoms with E-state index in [0.29, 0.717) is 10.7 Å². The number of nitro benzene ring substituents is 1. The maximum Gasteiger partial charge on any atom is 0.317 e. The van der Waals surface area contributed by atoms with Gasteiger partial charge in [-0.05, 0) is 30.3 Å². The third-order valence-corrected chi connectivity index (χ3v) is 4.17. The van der Waals surface area contributed by atoms with E-state index in [2.05, 4.69) is 4.98 Å². The van der Waals surface area contributed by atoms with Gasteiger partial charge < -0.3 is 4.74 Å². The summed E-state index contributed by atoms with van der Waals surface area (Å²) < 4.78 is 18.1. The molecule has 0 amide bonds. The summed E-state index contributed by atoms with van der Waals surface area (Å²) in [4.78, 5) is 26.5. The lowest BCUT2D eigenvalue weighted by atomic mass is 10.2. The van der Waals surface area contributed by atoms with Gasteiger partial charge in [-0.3, -0.25) is 14.9 Å². The molecule has 6 nitrogen and oxygen atoms in total. The second-order valence-electron chi connectivity index (χ2n) is 5.06. The third-order valence-electron chi connectivity index (χ3n) is 3.23. The molecule has 8 heteroatoms. The summed E-state index contributed by atoms with van der Waals surface area (Å²) in [5.74, 6) is -0.800. The molecule has 0 saturated carbocycles. The fourth-order valence-electron chi connectivity index (χ4n) is 2.09. The summed E-state index contributed by atoms with van der Waals surface area (Å²) in [7, 11) is 0. The minimum Gasteiger partial charge on any atom is -0.426 e. The van der Waals surface area contributed by atoms with Crippen LogP contribution in [0.15, 0.2) is 53.9 Å². The van der Waals surface area contributed by atoms with Crippen molar-refractivity contribution in [3.8, 4) is 16.3 Å². The number of non-ortho nitro benzene ring substituents is 1. The van der Waals surface area contributed by atoms with Crippen LogP contribution in [0.1, 0.15) is 5.69 Å². The molecular weight excluding hydrogens is 347 g/mol. The first-order chi connectivity index (χ1) is 12.0. The number of benzene rings is 2. The molecular formula is C17H11FN2O4S. The molecule has 0 aliphatic rings. The van der Waals surface area contributed by atoms with Crippen LogP contribution in [0.2, 0.25) is 0 Å². The molecule has 3 rings (SSSR count). The lowest BCUT2D eigenvalue weighted by Gasteiger charge is -2.02. The Morgan fingerprint density at radius 3 is 2.72 bits per heavy atom. The Hall–Kier alpha value is -3.13. The second kappa shape index (κ2) is 7.18. The van der Waals surface area contributed by atoms with Crippen LogP contribution in [0.3, 0.4) is 0 Å². The van der Waals surface area contributed by atoms with Gasteiger partial charge in [-0.15, -0.1) is 11.3 Å². The monoisotopic (exact) mass is 358 g/mol. The van der Waals surface area contributed by atoms with Crippen molar-refractivity contribution >= 4 is 23.0 Å². The molecule has 0 fully saturated rings. The molecule has 0 aliphatic heterocycles. The molecule has 126 valence electrons. The van der Waals surface area contributed by atoms with E-state index in [1.807, 2.05) is 0 Å². The lowest BCUT2D eigenvalue weighted by Crippen LogP contribution is -2.11. The van der Waals surface area contributed by atoms with Gasteiger partial charge >= 0.3 is 5.97 Å². The summed E-state index contributed by atoms with van der Waals surface area (Å²) in [6.07, 6.45) is -0.0691. The first-order valence-electron chi connectivity index (χ1n) is 7.17. The number of aromatic nitrogens is 1. The molecule has 0 saturated heterocycles. The highest BCUT2D eigenvalue weighted by molar-refractivity contribution is 7.13. The molecule has 0 atom stereocenters. The van der Waals surface area contributed by atoms with Crippen LogP contribution in [-0.2, 0) is 11.2 Å². The molecule has 0 aliphatic carbocycles. The van der Waals surface area contributed by atoms with Crippen molar-refractivity contribution in [3.05, 3.63) is 75.5 Å². The number of thiazole rings is 1. The van der Waals surface area contributed by atoms with Gasteiger partial charge in [0.15, 0.2) is 0 Å². The van der Waals surface area contributed by atoms with E-state index in [1.165, 1.54) is 47.7 Å². The standard InChI is InChI=1S/C17H11FN2O4S/c18-12-6-4-11(5-7-12)17-19-13(10-25-17)8-16(21)24-15-3-1-2-14(9-15)20(22)23/h1-7,9-10H,8H2. The number of nitro groups is 1. The smallest absolute Gasteiger partial charge is 0.317 e. The van der Waals surface area contributed by atoms with Crippen LogP contribution in [0, 0.1) is 15.9 Å².